The quantitative estimate of drug-likeness (QED) is 0.499. The maximum absolute atomic E-state index is 11.4. The normalized spacial score (nSPS) is 15.7. The molecule has 4 nitrogen and oxygen atoms in total. The van der Waals surface area contributed by atoms with Crippen molar-refractivity contribution in [2.75, 3.05) is 33.4 Å². The first-order valence-electron chi connectivity index (χ1n) is 5.97. The van der Waals surface area contributed by atoms with Gasteiger partial charge in [-0.15, -0.1) is 0 Å². The molecule has 0 spiro atoms. The lowest BCUT2D eigenvalue weighted by Gasteiger charge is -2.14. The van der Waals surface area contributed by atoms with E-state index in [0.29, 0.717) is 13.0 Å². The van der Waals surface area contributed by atoms with Crippen molar-refractivity contribution in [3.63, 3.8) is 0 Å². The number of hydrogen-bond donors (Lipinski definition) is 2. The first-order chi connectivity index (χ1) is 7.83. The number of methoxy groups -OCH3 is 1. The Kier molecular flexibility index (Phi) is 6.85. The molecule has 92 valence electrons. The van der Waals surface area contributed by atoms with Crippen molar-refractivity contribution in [2.24, 2.45) is 0 Å². The summed E-state index contributed by atoms with van der Waals surface area (Å²) in [6.07, 6.45) is 5.68. The summed E-state index contributed by atoms with van der Waals surface area (Å²) in [7, 11) is 1.65. The van der Waals surface area contributed by atoms with Crippen molar-refractivity contribution >= 4 is 5.91 Å². The van der Waals surface area contributed by atoms with Crippen LogP contribution in [0.25, 0.3) is 0 Å². The molecule has 4 heteroatoms. The molecular formula is C12H22N2O2. The van der Waals surface area contributed by atoms with Gasteiger partial charge in [0.2, 0.25) is 5.91 Å². The maximum atomic E-state index is 11.4. The minimum atomic E-state index is 0.131. The van der Waals surface area contributed by atoms with Crippen LogP contribution in [0.15, 0.2) is 11.6 Å². The second-order valence-electron chi connectivity index (χ2n) is 4.01. The lowest BCUT2D eigenvalue weighted by atomic mass is 10.1. The van der Waals surface area contributed by atoms with Crippen molar-refractivity contribution in [3.05, 3.63) is 11.6 Å². The zero-order chi connectivity index (χ0) is 11.6. The molecule has 2 N–H and O–H groups in total. The summed E-state index contributed by atoms with van der Waals surface area (Å²) in [5, 5.41) is 6.20. The van der Waals surface area contributed by atoms with E-state index in [0.717, 1.165) is 38.9 Å². The topological polar surface area (TPSA) is 50.4 Å². The van der Waals surface area contributed by atoms with Gasteiger partial charge in [0.15, 0.2) is 0 Å². The van der Waals surface area contributed by atoms with Crippen LogP contribution in [0, 0.1) is 0 Å². The molecule has 16 heavy (non-hydrogen) atoms. The van der Waals surface area contributed by atoms with Crippen LogP contribution in [0.5, 0.6) is 0 Å². The number of rotatable bonds is 7. The third-order valence-corrected chi connectivity index (χ3v) is 2.68. The highest BCUT2D eigenvalue weighted by molar-refractivity contribution is 5.75. The first kappa shape index (κ1) is 13.2. The van der Waals surface area contributed by atoms with Gasteiger partial charge in [0.05, 0.1) is 0 Å². The lowest BCUT2D eigenvalue weighted by Crippen LogP contribution is -2.26. The Morgan fingerprint density at radius 3 is 3.19 bits per heavy atom. The zero-order valence-electron chi connectivity index (χ0n) is 10.1. The summed E-state index contributed by atoms with van der Waals surface area (Å²) in [6, 6.07) is 0. The van der Waals surface area contributed by atoms with Crippen LogP contribution >= 0.6 is 0 Å². The summed E-state index contributed by atoms with van der Waals surface area (Å²) >= 11 is 0. The molecule has 0 aromatic carbocycles. The van der Waals surface area contributed by atoms with Gasteiger partial charge in [-0.2, -0.15) is 0 Å². The molecule has 0 saturated heterocycles. The summed E-state index contributed by atoms with van der Waals surface area (Å²) in [4.78, 5) is 11.4. The molecule has 0 saturated carbocycles. The predicted octanol–water partition coefficient (Wildman–Crippen LogP) is 0.839. The highest BCUT2D eigenvalue weighted by Crippen LogP contribution is 2.07. The molecule has 0 aromatic rings. The highest BCUT2D eigenvalue weighted by Gasteiger charge is 2.04. The fourth-order valence-electron chi connectivity index (χ4n) is 1.72. The van der Waals surface area contributed by atoms with Gasteiger partial charge in [0.25, 0.3) is 0 Å². The molecule has 0 fully saturated rings. The summed E-state index contributed by atoms with van der Waals surface area (Å²) in [5.41, 5.74) is 1.45. The molecule has 1 aliphatic heterocycles. The third kappa shape index (κ3) is 5.88. The molecule has 1 rings (SSSR count). The molecule has 0 unspecified atom stereocenters. The Balaban J connectivity index is 2.01. The van der Waals surface area contributed by atoms with Gasteiger partial charge >= 0.3 is 0 Å². The molecule has 0 radical (unpaired) electrons. The number of amides is 1. The minimum Gasteiger partial charge on any atom is -0.385 e. The van der Waals surface area contributed by atoms with E-state index in [1.54, 1.807) is 7.11 Å². The average Bonchev–Trinajstić information content (AvgIpc) is 2.31. The zero-order valence-corrected chi connectivity index (χ0v) is 10.1. The van der Waals surface area contributed by atoms with E-state index in [2.05, 4.69) is 16.7 Å². The molecular weight excluding hydrogens is 204 g/mol. The molecule has 1 aliphatic rings. The van der Waals surface area contributed by atoms with Crippen LogP contribution in [0.3, 0.4) is 0 Å². The fourth-order valence-corrected chi connectivity index (χ4v) is 1.72. The van der Waals surface area contributed by atoms with Crippen LogP contribution < -0.4 is 10.6 Å². The molecule has 0 atom stereocenters. The summed E-state index contributed by atoms with van der Waals surface area (Å²) in [5.74, 6) is 0.131. The summed E-state index contributed by atoms with van der Waals surface area (Å²) in [6.45, 7) is 3.45. The highest BCUT2D eigenvalue weighted by atomic mass is 16.5. The smallest absolute Gasteiger partial charge is 0.220 e. The molecule has 0 aliphatic carbocycles. The maximum Gasteiger partial charge on any atom is 0.220 e. The van der Waals surface area contributed by atoms with E-state index in [4.69, 9.17) is 4.74 Å². The van der Waals surface area contributed by atoms with Gasteiger partial charge in [-0.25, -0.2) is 0 Å². The van der Waals surface area contributed by atoms with Crippen molar-refractivity contribution in [1.29, 1.82) is 0 Å². The monoisotopic (exact) mass is 226 g/mol. The fraction of sp³-hybridized carbons (Fsp3) is 0.750. The molecule has 1 amide bonds. The second-order valence-corrected chi connectivity index (χ2v) is 4.01. The second kappa shape index (κ2) is 8.30. The number of nitrogens with one attached hydrogen (secondary N) is 2. The van der Waals surface area contributed by atoms with Gasteiger partial charge in [-0.05, 0) is 25.8 Å². The van der Waals surface area contributed by atoms with Gasteiger partial charge in [-0.3, -0.25) is 4.79 Å². The number of carbonyl (C=O) groups is 1. The van der Waals surface area contributed by atoms with E-state index >= 15 is 0 Å². The molecule has 0 bridgehead atoms. The average molecular weight is 226 g/mol. The van der Waals surface area contributed by atoms with E-state index in [9.17, 15) is 4.79 Å². The van der Waals surface area contributed by atoms with E-state index in [1.807, 2.05) is 0 Å². The Morgan fingerprint density at radius 2 is 2.50 bits per heavy atom. The van der Waals surface area contributed by atoms with E-state index in [-0.39, 0.29) is 5.91 Å². The molecule has 0 aromatic heterocycles. The van der Waals surface area contributed by atoms with Crippen LogP contribution in [-0.4, -0.2) is 39.3 Å². The van der Waals surface area contributed by atoms with Crippen LogP contribution in [0.1, 0.15) is 25.7 Å². The van der Waals surface area contributed by atoms with Crippen molar-refractivity contribution in [3.8, 4) is 0 Å². The van der Waals surface area contributed by atoms with Crippen LogP contribution in [0.4, 0.5) is 0 Å². The van der Waals surface area contributed by atoms with Gasteiger partial charge in [0, 0.05) is 33.2 Å². The lowest BCUT2D eigenvalue weighted by molar-refractivity contribution is -0.121. The standard InChI is InChI=1S/C12H22N2O2/c1-16-10-2-3-12(15)14-9-6-11-4-7-13-8-5-11/h4,13H,2-3,5-10H2,1H3,(H,14,15). The van der Waals surface area contributed by atoms with Crippen molar-refractivity contribution < 1.29 is 9.53 Å². The van der Waals surface area contributed by atoms with Crippen molar-refractivity contribution in [1.82, 2.24) is 10.6 Å². The summed E-state index contributed by atoms with van der Waals surface area (Å²) < 4.78 is 4.90. The largest absolute Gasteiger partial charge is 0.385 e. The third-order valence-electron chi connectivity index (χ3n) is 2.68. The number of ether oxygens (including phenoxy) is 1. The first-order valence-corrected chi connectivity index (χ1v) is 5.97. The molecule has 1 heterocycles. The Morgan fingerprint density at radius 1 is 1.62 bits per heavy atom. The van der Waals surface area contributed by atoms with Gasteiger partial charge < -0.3 is 15.4 Å². The Hall–Kier alpha value is -0.870. The predicted molar refractivity (Wildman–Crippen MR) is 64.3 cm³/mol. The number of hydrogen-bond acceptors (Lipinski definition) is 3. The van der Waals surface area contributed by atoms with Gasteiger partial charge in [0.1, 0.15) is 0 Å². The minimum absolute atomic E-state index is 0.131. The van der Waals surface area contributed by atoms with E-state index < -0.39 is 0 Å². The van der Waals surface area contributed by atoms with E-state index in [1.165, 1.54) is 5.57 Å². The Labute approximate surface area is 97.4 Å². The SMILES string of the molecule is COCCCC(=O)NCCC1=CCNCC1. The number of carbonyl (C=O) groups excluding carboxylic acids is 1. The van der Waals surface area contributed by atoms with Crippen LogP contribution in [0.2, 0.25) is 0 Å². The van der Waals surface area contributed by atoms with Crippen LogP contribution in [-0.2, 0) is 9.53 Å². The van der Waals surface area contributed by atoms with Crippen molar-refractivity contribution in [2.45, 2.75) is 25.7 Å². The Bertz CT molecular complexity index is 239. The van der Waals surface area contributed by atoms with Gasteiger partial charge in [-0.1, -0.05) is 11.6 Å².